The van der Waals surface area contributed by atoms with Crippen LogP contribution < -0.4 is 5.32 Å². The Hall–Kier alpha value is -1.96. The quantitative estimate of drug-likeness (QED) is 0.779. The first-order chi connectivity index (χ1) is 13.3. The van der Waals surface area contributed by atoms with E-state index in [1.165, 1.54) is 22.5 Å². The van der Waals surface area contributed by atoms with E-state index in [-0.39, 0.29) is 15.5 Å². The summed E-state index contributed by atoms with van der Waals surface area (Å²) < 4.78 is 41.0. The van der Waals surface area contributed by atoms with Crippen LogP contribution in [0.25, 0.3) is 0 Å². The first-order valence-electron chi connectivity index (χ1n) is 9.16. The Labute approximate surface area is 169 Å². The van der Waals surface area contributed by atoms with Crippen molar-refractivity contribution in [1.29, 1.82) is 0 Å². The van der Waals surface area contributed by atoms with Crippen LogP contribution in [-0.4, -0.2) is 31.7 Å². The van der Waals surface area contributed by atoms with Crippen molar-refractivity contribution < 1.29 is 17.6 Å². The van der Waals surface area contributed by atoms with Gasteiger partial charge in [0.15, 0.2) is 0 Å². The molecule has 0 radical (unpaired) electrons. The third-order valence-electron chi connectivity index (χ3n) is 4.81. The lowest BCUT2D eigenvalue weighted by Crippen LogP contribution is -2.32. The van der Waals surface area contributed by atoms with Crippen molar-refractivity contribution in [2.75, 3.05) is 18.4 Å². The summed E-state index contributed by atoms with van der Waals surface area (Å²) in [4.78, 5) is 12.7. The monoisotopic (exact) mass is 424 g/mol. The second-order valence-corrected chi connectivity index (χ2v) is 9.20. The van der Waals surface area contributed by atoms with Crippen molar-refractivity contribution >= 4 is 33.2 Å². The smallest absolute Gasteiger partial charge is 0.255 e. The van der Waals surface area contributed by atoms with Crippen LogP contribution in [0, 0.1) is 12.7 Å². The summed E-state index contributed by atoms with van der Waals surface area (Å²) in [5.41, 5.74) is 1.12. The number of anilines is 1. The summed E-state index contributed by atoms with van der Waals surface area (Å²) in [7, 11) is -3.67. The minimum absolute atomic E-state index is 0.105. The summed E-state index contributed by atoms with van der Waals surface area (Å²) in [6.07, 6.45) is 3.72. The lowest BCUT2D eigenvalue weighted by molar-refractivity contribution is 0.102. The molecule has 1 saturated heterocycles. The molecule has 5 nitrogen and oxygen atoms in total. The number of aryl methyl sites for hydroxylation is 1. The average molecular weight is 425 g/mol. The summed E-state index contributed by atoms with van der Waals surface area (Å²) in [5.74, 6) is -1.07. The molecule has 0 unspecified atom stereocenters. The van der Waals surface area contributed by atoms with Gasteiger partial charge < -0.3 is 5.32 Å². The predicted octanol–water partition coefficient (Wildman–Crippen LogP) is 4.60. The maximum atomic E-state index is 13.3. The van der Waals surface area contributed by atoms with Crippen molar-refractivity contribution in [1.82, 2.24) is 4.31 Å². The molecule has 1 amide bonds. The first-order valence-corrected chi connectivity index (χ1v) is 11.0. The van der Waals surface area contributed by atoms with Gasteiger partial charge in [-0.15, -0.1) is 0 Å². The van der Waals surface area contributed by atoms with Gasteiger partial charge in [-0.05, 0) is 55.7 Å². The van der Waals surface area contributed by atoms with Crippen molar-refractivity contribution in [3.8, 4) is 0 Å². The highest BCUT2D eigenvalue weighted by Gasteiger charge is 2.27. The van der Waals surface area contributed by atoms with Crippen molar-refractivity contribution in [2.24, 2.45) is 0 Å². The Bertz CT molecular complexity index is 987. The van der Waals surface area contributed by atoms with Crippen molar-refractivity contribution in [2.45, 2.75) is 37.5 Å². The number of nitrogens with one attached hydrogen (secondary N) is 1. The molecule has 0 atom stereocenters. The van der Waals surface area contributed by atoms with E-state index in [4.69, 9.17) is 11.6 Å². The number of carbonyl (C=O) groups excluding carboxylic acids is 1. The van der Waals surface area contributed by atoms with Gasteiger partial charge in [0.25, 0.3) is 5.91 Å². The molecule has 1 aliphatic rings. The van der Waals surface area contributed by atoms with E-state index in [0.29, 0.717) is 24.3 Å². The van der Waals surface area contributed by atoms with Gasteiger partial charge in [-0.3, -0.25) is 4.79 Å². The Kier molecular flexibility index (Phi) is 6.37. The Morgan fingerprint density at radius 3 is 2.39 bits per heavy atom. The van der Waals surface area contributed by atoms with E-state index >= 15 is 0 Å². The Morgan fingerprint density at radius 1 is 1.07 bits per heavy atom. The number of hydrogen-bond donors (Lipinski definition) is 1. The molecule has 3 rings (SSSR count). The van der Waals surface area contributed by atoms with Crippen LogP contribution in [0.2, 0.25) is 5.02 Å². The van der Waals surface area contributed by atoms with E-state index in [1.807, 2.05) is 0 Å². The van der Waals surface area contributed by atoms with E-state index in [2.05, 4.69) is 5.32 Å². The highest BCUT2D eigenvalue weighted by molar-refractivity contribution is 7.89. The molecule has 0 aliphatic carbocycles. The van der Waals surface area contributed by atoms with E-state index in [0.717, 1.165) is 31.7 Å². The Morgan fingerprint density at radius 2 is 1.75 bits per heavy atom. The lowest BCUT2D eigenvalue weighted by atomic mass is 10.1. The van der Waals surface area contributed by atoms with Crippen LogP contribution in [0.15, 0.2) is 41.3 Å². The van der Waals surface area contributed by atoms with E-state index in [9.17, 15) is 17.6 Å². The van der Waals surface area contributed by atoms with Crippen LogP contribution in [0.5, 0.6) is 0 Å². The predicted molar refractivity (Wildman–Crippen MR) is 108 cm³/mol. The summed E-state index contributed by atoms with van der Waals surface area (Å²) in [5, 5.41) is 2.51. The molecule has 0 saturated carbocycles. The minimum atomic E-state index is -3.67. The van der Waals surface area contributed by atoms with E-state index in [1.54, 1.807) is 19.1 Å². The zero-order valence-electron chi connectivity index (χ0n) is 15.5. The molecule has 2 aromatic rings. The van der Waals surface area contributed by atoms with Crippen LogP contribution in [0.1, 0.15) is 41.6 Å². The number of hydrogen-bond acceptors (Lipinski definition) is 3. The normalized spacial score (nSPS) is 15.8. The summed E-state index contributed by atoms with van der Waals surface area (Å²) in [6.45, 7) is 2.70. The molecule has 0 spiro atoms. The fraction of sp³-hybridized carbons (Fsp3) is 0.350. The standard InChI is InChI=1S/C20H22ClFN2O3S/c1-14-6-7-15(20(25)23-16-8-9-18(22)17(21)13-16)12-19(14)28(26,27)24-10-4-2-3-5-11-24/h6-9,12-13H,2-5,10-11H2,1H3,(H,23,25). The SMILES string of the molecule is Cc1ccc(C(=O)Nc2ccc(F)c(Cl)c2)cc1S(=O)(=O)N1CCCCCC1. The van der Waals surface area contributed by atoms with Crippen LogP contribution in [0.3, 0.4) is 0 Å². The molecule has 1 N–H and O–H groups in total. The highest BCUT2D eigenvalue weighted by atomic mass is 35.5. The number of amides is 1. The molecule has 8 heteroatoms. The van der Waals surface area contributed by atoms with Gasteiger partial charge in [-0.25, -0.2) is 12.8 Å². The topological polar surface area (TPSA) is 66.5 Å². The van der Waals surface area contributed by atoms with Gasteiger partial charge in [0.1, 0.15) is 5.82 Å². The van der Waals surface area contributed by atoms with Crippen LogP contribution in [0.4, 0.5) is 10.1 Å². The third-order valence-corrected chi connectivity index (χ3v) is 7.14. The van der Waals surface area contributed by atoms with Crippen LogP contribution >= 0.6 is 11.6 Å². The summed E-state index contributed by atoms with van der Waals surface area (Å²) in [6, 6.07) is 8.44. The maximum Gasteiger partial charge on any atom is 0.255 e. The zero-order chi connectivity index (χ0) is 20.3. The number of sulfonamides is 1. The molecular weight excluding hydrogens is 403 g/mol. The molecule has 1 aliphatic heterocycles. The molecule has 1 heterocycles. The minimum Gasteiger partial charge on any atom is -0.322 e. The largest absolute Gasteiger partial charge is 0.322 e. The summed E-state index contributed by atoms with van der Waals surface area (Å²) >= 11 is 5.74. The number of carbonyl (C=O) groups is 1. The van der Waals surface area contributed by atoms with Gasteiger partial charge >= 0.3 is 0 Å². The Balaban J connectivity index is 1.87. The number of nitrogens with zero attached hydrogens (tertiary/aromatic N) is 1. The van der Waals surface area contributed by atoms with E-state index < -0.39 is 21.7 Å². The molecule has 1 fully saturated rings. The van der Waals surface area contributed by atoms with Crippen LogP contribution in [-0.2, 0) is 10.0 Å². The number of rotatable bonds is 4. The van der Waals surface area contributed by atoms with Gasteiger partial charge in [-0.2, -0.15) is 4.31 Å². The number of halogens is 2. The second kappa shape index (κ2) is 8.59. The fourth-order valence-corrected chi connectivity index (χ4v) is 5.17. The molecule has 2 aromatic carbocycles. The fourth-order valence-electron chi connectivity index (χ4n) is 3.22. The first kappa shape index (κ1) is 20.8. The van der Waals surface area contributed by atoms with Gasteiger partial charge in [0.05, 0.1) is 9.92 Å². The van der Waals surface area contributed by atoms with Crippen molar-refractivity contribution in [3.63, 3.8) is 0 Å². The lowest BCUT2D eigenvalue weighted by Gasteiger charge is -2.21. The third kappa shape index (κ3) is 4.54. The second-order valence-electron chi connectivity index (χ2n) is 6.88. The average Bonchev–Trinajstić information content (AvgIpc) is 2.95. The molecular formula is C20H22ClFN2O3S. The highest BCUT2D eigenvalue weighted by Crippen LogP contribution is 2.25. The van der Waals surface area contributed by atoms with Gasteiger partial charge in [0, 0.05) is 24.3 Å². The number of benzene rings is 2. The maximum absolute atomic E-state index is 13.3. The molecule has 150 valence electrons. The zero-order valence-corrected chi connectivity index (χ0v) is 17.1. The molecule has 0 bridgehead atoms. The van der Waals surface area contributed by atoms with Gasteiger partial charge in [-0.1, -0.05) is 30.5 Å². The van der Waals surface area contributed by atoms with Gasteiger partial charge in [0.2, 0.25) is 10.0 Å². The van der Waals surface area contributed by atoms with Crippen molar-refractivity contribution in [3.05, 3.63) is 58.4 Å². The molecule has 28 heavy (non-hydrogen) atoms. The molecule has 0 aromatic heterocycles.